The third kappa shape index (κ3) is 8.22. The van der Waals surface area contributed by atoms with Crippen LogP contribution in [0.5, 0.6) is 0 Å². The average molecular weight is 620 g/mol. The van der Waals surface area contributed by atoms with Crippen molar-refractivity contribution < 1.29 is 19.4 Å². The monoisotopic (exact) mass is 619 g/mol. The summed E-state index contributed by atoms with van der Waals surface area (Å²) in [4.78, 5) is 15.0. The average Bonchev–Trinajstić information content (AvgIpc) is 3.12. The third-order valence-corrected chi connectivity index (χ3v) is 9.18. The first-order chi connectivity index (χ1) is 22.6. The van der Waals surface area contributed by atoms with Gasteiger partial charge in [0.05, 0.1) is 18.8 Å². The number of aliphatic hydroxyl groups is 1. The fourth-order valence-electron chi connectivity index (χ4n) is 6.47. The van der Waals surface area contributed by atoms with Crippen LogP contribution in [0.1, 0.15) is 66.4 Å². The number of likely N-dealkylation sites (tertiary alicyclic amines) is 1. The van der Waals surface area contributed by atoms with Gasteiger partial charge >= 0.3 is 6.03 Å². The van der Waals surface area contributed by atoms with E-state index in [0.29, 0.717) is 13.1 Å². The van der Waals surface area contributed by atoms with E-state index < -0.39 is 6.29 Å². The van der Waals surface area contributed by atoms with Crippen LogP contribution in [0.3, 0.4) is 0 Å². The lowest BCUT2D eigenvalue weighted by Crippen LogP contribution is -2.45. The van der Waals surface area contributed by atoms with E-state index in [1.807, 2.05) is 54.6 Å². The molecule has 7 nitrogen and oxygen atoms in total. The maximum Gasteiger partial charge on any atom is 0.315 e. The fraction of sp³-hybridized carbons (Fsp3) is 0.359. The van der Waals surface area contributed by atoms with Gasteiger partial charge in [0.15, 0.2) is 6.29 Å². The second-order valence-corrected chi connectivity index (χ2v) is 12.5. The number of carbonyl (C=O) groups excluding carboxylic acids is 1. The van der Waals surface area contributed by atoms with Gasteiger partial charge in [-0.25, -0.2) is 4.79 Å². The number of hydrogen-bond donors (Lipinski definition) is 3. The summed E-state index contributed by atoms with van der Waals surface area (Å²) in [5.74, 6) is 0.162. The van der Waals surface area contributed by atoms with E-state index in [0.717, 1.165) is 58.6 Å². The molecule has 0 unspecified atom stereocenters. The van der Waals surface area contributed by atoms with Crippen molar-refractivity contribution in [2.75, 3.05) is 19.6 Å². The van der Waals surface area contributed by atoms with Crippen LogP contribution in [0.25, 0.3) is 11.1 Å². The van der Waals surface area contributed by atoms with Gasteiger partial charge in [0.25, 0.3) is 0 Å². The zero-order chi connectivity index (χ0) is 31.7. The van der Waals surface area contributed by atoms with Crippen molar-refractivity contribution in [1.29, 1.82) is 0 Å². The number of carbonyl (C=O) groups is 1. The quantitative estimate of drug-likeness (QED) is 0.176. The zero-order valence-corrected chi connectivity index (χ0v) is 26.6. The predicted octanol–water partition coefficient (Wildman–Crippen LogP) is 7.12. The first-order valence-corrected chi connectivity index (χ1v) is 16.5. The molecular weight excluding hydrogens is 574 g/mol. The Morgan fingerprint density at radius 3 is 2.15 bits per heavy atom. The number of nitrogens with zero attached hydrogens (tertiary/aromatic N) is 1. The molecule has 2 aliphatic rings. The Morgan fingerprint density at radius 1 is 0.739 bits per heavy atom. The Morgan fingerprint density at radius 2 is 1.41 bits per heavy atom. The molecule has 6 rings (SSSR count). The van der Waals surface area contributed by atoms with Crippen LogP contribution in [0.15, 0.2) is 103 Å². The number of urea groups is 1. The first-order valence-electron chi connectivity index (χ1n) is 16.5. The molecule has 240 valence electrons. The summed E-state index contributed by atoms with van der Waals surface area (Å²) >= 11 is 0. The number of piperidine rings is 1. The molecule has 2 aliphatic heterocycles. The van der Waals surface area contributed by atoms with Gasteiger partial charge in [-0.05, 0) is 71.4 Å². The molecule has 0 saturated carbocycles. The molecule has 0 bridgehead atoms. The van der Waals surface area contributed by atoms with Gasteiger partial charge in [-0.1, -0.05) is 104 Å². The molecule has 0 radical (unpaired) electrons. The number of aliphatic hydroxyl groups excluding tert-OH is 1. The minimum Gasteiger partial charge on any atom is -0.392 e. The highest BCUT2D eigenvalue weighted by molar-refractivity contribution is 5.74. The second kappa shape index (κ2) is 15.5. The summed E-state index contributed by atoms with van der Waals surface area (Å²) in [6, 6.07) is 34.4. The SMILES string of the molecule is C[C@@H]1[C@H](CN2CCCCC2)O[C@H](c2cccc(-c3cccc(CNC(=O)NCc4ccccc4)c3)c2)O[C@@H]1c1ccc(CO)cc1. The molecule has 0 aliphatic carbocycles. The molecule has 4 aromatic rings. The lowest BCUT2D eigenvalue weighted by molar-refractivity contribution is -0.276. The Bertz CT molecular complexity index is 1560. The normalized spacial score (nSPS) is 21.9. The van der Waals surface area contributed by atoms with E-state index in [1.54, 1.807) is 0 Å². The molecular formula is C39H45N3O4. The topological polar surface area (TPSA) is 83.1 Å². The van der Waals surface area contributed by atoms with Crippen molar-refractivity contribution in [2.45, 2.75) is 64.4 Å². The number of nitrogens with one attached hydrogen (secondary N) is 2. The van der Waals surface area contributed by atoms with Crippen molar-refractivity contribution in [2.24, 2.45) is 5.92 Å². The Balaban J connectivity index is 1.16. The predicted molar refractivity (Wildman–Crippen MR) is 181 cm³/mol. The van der Waals surface area contributed by atoms with Gasteiger partial charge in [0.1, 0.15) is 0 Å². The van der Waals surface area contributed by atoms with Crippen molar-refractivity contribution in [3.05, 3.63) is 131 Å². The Labute approximate surface area is 272 Å². The summed E-state index contributed by atoms with van der Waals surface area (Å²) in [5.41, 5.74) is 7.18. The number of ether oxygens (including phenoxy) is 2. The smallest absolute Gasteiger partial charge is 0.315 e. The zero-order valence-electron chi connectivity index (χ0n) is 26.6. The molecule has 2 amide bonds. The summed E-state index contributed by atoms with van der Waals surface area (Å²) in [7, 11) is 0. The summed E-state index contributed by atoms with van der Waals surface area (Å²) in [5, 5.41) is 15.5. The Kier molecular flexibility index (Phi) is 10.8. The van der Waals surface area contributed by atoms with Gasteiger partial charge < -0.3 is 30.1 Å². The number of rotatable bonds is 10. The van der Waals surface area contributed by atoms with Crippen LogP contribution in [0, 0.1) is 5.92 Å². The molecule has 46 heavy (non-hydrogen) atoms. The molecule has 7 heteroatoms. The van der Waals surface area contributed by atoms with E-state index in [9.17, 15) is 9.90 Å². The first kappa shape index (κ1) is 32.0. The van der Waals surface area contributed by atoms with Crippen molar-refractivity contribution in [3.63, 3.8) is 0 Å². The highest BCUT2D eigenvalue weighted by Crippen LogP contribution is 2.42. The van der Waals surface area contributed by atoms with Crippen LogP contribution in [-0.2, 0) is 29.2 Å². The largest absolute Gasteiger partial charge is 0.392 e. The third-order valence-electron chi connectivity index (χ3n) is 9.18. The van der Waals surface area contributed by atoms with E-state index in [4.69, 9.17) is 9.47 Å². The van der Waals surface area contributed by atoms with E-state index in [1.165, 1.54) is 19.3 Å². The fourth-order valence-corrected chi connectivity index (χ4v) is 6.47. The molecule has 2 heterocycles. The molecule has 0 aromatic heterocycles. The van der Waals surface area contributed by atoms with E-state index in [2.05, 4.69) is 71.0 Å². The summed E-state index contributed by atoms with van der Waals surface area (Å²) < 4.78 is 13.5. The maximum atomic E-state index is 12.4. The highest BCUT2D eigenvalue weighted by Gasteiger charge is 2.39. The van der Waals surface area contributed by atoms with Gasteiger partial charge in [0.2, 0.25) is 0 Å². The van der Waals surface area contributed by atoms with Gasteiger partial charge in [-0.15, -0.1) is 0 Å². The summed E-state index contributed by atoms with van der Waals surface area (Å²) in [6.07, 6.45) is 3.16. The van der Waals surface area contributed by atoms with Crippen molar-refractivity contribution in [1.82, 2.24) is 15.5 Å². The lowest BCUT2D eigenvalue weighted by Gasteiger charge is -2.43. The lowest BCUT2D eigenvalue weighted by atomic mass is 9.89. The molecule has 4 aromatic carbocycles. The highest BCUT2D eigenvalue weighted by atomic mass is 16.7. The van der Waals surface area contributed by atoms with Crippen LogP contribution in [0.4, 0.5) is 4.79 Å². The molecule has 0 spiro atoms. The van der Waals surface area contributed by atoms with Crippen LogP contribution in [-0.4, -0.2) is 41.8 Å². The molecule has 2 fully saturated rings. The second-order valence-electron chi connectivity index (χ2n) is 12.5. The van der Waals surface area contributed by atoms with E-state index in [-0.39, 0.29) is 30.8 Å². The minimum atomic E-state index is -0.508. The number of hydrogen-bond acceptors (Lipinski definition) is 5. The molecule has 3 N–H and O–H groups in total. The number of benzene rings is 4. The van der Waals surface area contributed by atoms with Gasteiger partial charge in [0, 0.05) is 31.1 Å². The van der Waals surface area contributed by atoms with Crippen LogP contribution < -0.4 is 10.6 Å². The summed E-state index contributed by atoms with van der Waals surface area (Å²) in [6.45, 7) is 6.28. The van der Waals surface area contributed by atoms with Crippen LogP contribution >= 0.6 is 0 Å². The minimum absolute atomic E-state index is 0.0189. The van der Waals surface area contributed by atoms with Crippen molar-refractivity contribution in [3.8, 4) is 11.1 Å². The van der Waals surface area contributed by atoms with Crippen molar-refractivity contribution >= 4 is 6.03 Å². The Hall–Kier alpha value is -4.01. The number of amides is 2. The van der Waals surface area contributed by atoms with Gasteiger partial charge in [-0.2, -0.15) is 0 Å². The maximum absolute atomic E-state index is 12.4. The molecule has 4 atom stereocenters. The van der Waals surface area contributed by atoms with Gasteiger partial charge in [-0.3, -0.25) is 0 Å². The van der Waals surface area contributed by atoms with E-state index >= 15 is 0 Å². The standard InChI is InChI=1S/C39H45N3O4/c1-28-36(26-42-20-6-3-7-21-42)45-38(46-37(28)32-18-16-30(27-43)17-19-32)35-15-9-14-34(23-35)33-13-8-12-31(22-33)25-41-39(44)40-24-29-10-4-2-5-11-29/h2,4-5,8-19,22-23,28,36-38,43H,3,6-7,20-21,24-27H2,1H3,(H2,40,41,44)/t28-,36+,37+,38+/m1/s1. The van der Waals surface area contributed by atoms with Crippen LogP contribution in [0.2, 0.25) is 0 Å². The molecule has 2 saturated heterocycles.